The fraction of sp³-hybridized carbons (Fsp3) is 0.364. The maximum absolute atomic E-state index is 10.9. The third kappa shape index (κ3) is 2.28. The number of rotatable bonds is 4. The second kappa shape index (κ2) is 5.12. The van der Waals surface area contributed by atoms with E-state index in [0.717, 1.165) is 18.8 Å². The Hall–Kier alpha value is -2.09. The van der Waals surface area contributed by atoms with Crippen molar-refractivity contribution >= 4 is 17.3 Å². The van der Waals surface area contributed by atoms with Crippen molar-refractivity contribution in [3.63, 3.8) is 0 Å². The van der Waals surface area contributed by atoms with Gasteiger partial charge in [-0.15, -0.1) is 0 Å². The van der Waals surface area contributed by atoms with Crippen LogP contribution < -0.4 is 4.90 Å². The molecular formula is C11H14N3O2+. The molecule has 0 spiro atoms. The lowest BCUT2D eigenvalue weighted by Crippen LogP contribution is -2.22. The van der Waals surface area contributed by atoms with E-state index in [0.29, 0.717) is 0 Å². The number of carboxylic acid groups (broad SMARTS) is 1. The summed E-state index contributed by atoms with van der Waals surface area (Å²) < 4.78 is 0. The summed E-state index contributed by atoms with van der Waals surface area (Å²) >= 11 is 0. The fourth-order valence-corrected chi connectivity index (χ4v) is 1.57. The number of anilines is 1. The molecule has 0 bridgehead atoms. The summed E-state index contributed by atoms with van der Waals surface area (Å²) in [5.41, 5.74) is 0.894. The van der Waals surface area contributed by atoms with Crippen molar-refractivity contribution in [3.05, 3.63) is 28.7 Å². The predicted octanol–water partition coefficient (Wildman–Crippen LogP) is 2.72. The van der Waals surface area contributed by atoms with Crippen molar-refractivity contribution in [3.8, 4) is 0 Å². The van der Waals surface area contributed by atoms with Crippen LogP contribution in [0.2, 0.25) is 0 Å². The lowest BCUT2D eigenvalue weighted by Gasteiger charge is -2.20. The highest BCUT2D eigenvalue weighted by Crippen LogP contribution is 2.25. The monoisotopic (exact) mass is 220 g/mol. The number of carbonyl (C=O) groups is 1. The average molecular weight is 220 g/mol. The number of nitrogens with zero attached hydrogens (tertiary/aromatic N) is 3. The minimum Gasteiger partial charge on any atom is -0.477 e. The summed E-state index contributed by atoms with van der Waals surface area (Å²) in [6.45, 7) is 5.58. The lowest BCUT2D eigenvalue weighted by molar-refractivity contribution is 0.0698. The standard InChI is InChI=1S/C11H13N3O2/c1-3-14(4-2)8-5-6-10(13-12)9(7-8)11(15)16/h5-7H,3-4H2,1-2H3/p+1. The second-order valence-corrected chi connectivity index (χ2v) is 3.28. The van der Waals surface area contributed by atoms with Gasteiger partial charge in [0.25, 0.3) is 0 Å². The molecule has 0 radical (unpaired) electrons. The molecule has 0 amide bonds. The molecule has 0 heterocycles. The van der Waals surface area contributed by atoms with E-state index >= 15 is 0 Å². The highest BCUT2D eigenvalue weighted by molar-refractivity contribution is 5.95. The third-order valence-corrected chi connectivity index (χ3v) is 2.45. The molecule has 5 nitrogen and oxygen atoms in total. The molecule has 84 valence electrons. The van der Waals surface area contributed by atoms with Gasteiger partial charge in [-0.1, -0.05) is 0 Å². The van der Waals surface area contributed by atoms with Crippen LogP contribution >= 0.6 is 0 Å². The molecular weight excluding hydrogens is 206 g/mol. The quantitative estimate of drug-likeness (QED) is 0.792. The maximum atomic E-state index is 10.9. The van der Waals surface area contributed by atoms with Crippen LogP contribution in [0.25, 0.3) is 4.98 Å². The molecule has 0 saturated carbocycles. The fourth-order valence-electron chi connectivity index (χ4n) is 1.57. The zero-order valence-electron chi connectivity index (χ0n) is 9.34. The Morgan fingerprint density at radius 3 is 2.50 bits per heavy atom. The Kier molecular flexibility index (Phi) is 3.84. The summed E-state index contributed by atoms with van der Waals surface area (Å²) in [5.74, 6) is -1.10. The second-order valence-electron chi connectivity index (χ2n) is 3.28. The Bertz CT molecular complexity index is 433. The van der Waals surface area contributed by atoms with E-state index in [-0.39, 0.29) is 11.3 Å². The van der Waals surface area contributed by atoms with Gasteiger partial charge < -0.3 is 10.0 Å². The molecule has 0 unspecified atom stereocenters. The molecule has 1 aromatic carbocycles. The molecule has 5 heteroatoms. The van der Waals surface area contributed by atoms with Gasteiger partial charge in [-0.25, -0.2) is 4.79 Å². The SMILES string of the molecule is CCN(CC)c1ccc([N+]#N)c(C(=O)O)c1. The predicted molar refractivity (Wildman–Crippen MR) is 61.7 cm³/mol. The molecule has 16 heavy (non-hydrogen) atoms. The van der Waals surface area contributed by atoms with Gasteiger partial charge in [-0.3, -0.25) is 0 Å². The molecule has 1 rings (SSSR count). The Morgan fingerprint density at radius 2 is 2.06 bits per heavy atom. The number of benzene rings is 1. The summed E-state index contributed by atoms with van der Waals surface area (Å²) in [6.07, 6.45) is 0. The first-order valence-electron chi connectivity index (χ1n) is 5.11. The first-order chi connectivity index (χ1) is 7.63. The van der Waals surface area contributed by atoms with Gasteiger partial charge in [0.1, 0.15) is 0 Å². The van der Waals surface area contributed by atoms with E-state index in [9.17, 15) is 4.79 Å². The Balaban J connectivity index is 3.22. The van der Waals surface area contributed by atoms with Crippen molar-refractivity contribution in [2.45, 2.75) is 13.8 Å². The number of hydrogen-bond acceptors (Lipinski definition) is 3. The Morgan fingerprint density at radius 1 is 1.44 bits per heavy atom. The van der Waals surface area contributed by atoms with E-state index in [1.165, 1.54) is 12.1 Å². The van der Waals surface area contributed by atoms with Crippen LogP contribution in [-0.2, 0) is 0 Å². The molecule has 0 aromatic heterocycles. The largest absolute Gasteiger partial charge is 0.477 e. The molecule has 0 saturated heterocycles. The smallest absolute Gasteiger partial charge is 0.399 e. The molecule has 1 aromatic rings. The van der Waals surface area contributed by atoms with Gasteiger partial charge in [-0.05, 0) is 26.0 Å². The van der Waals surface area contributed by atoms with E-state index in [1.54, 1.807) is 6.07 Å². The topological polar surface area (TPSA) is 68.7 Å². The van der Waals surface area contributed by atoms with Crippen LogP contribution in [0.1, 0.15) is 24.2 Å². The lowest BCUT2D eigenvalue weighted by atomic mass is 10.1. The summed E-state index contributed by atoms with van der Waals surface area (Å²) in [6, 6.07) is 4.76. The minimum atomic E-state index is -1.10. The van der Waals surface area contributed by atoms with Crippen molar-refractivity contribution in [2.75, 3.05) is 18.0 Å². The van der Waals surface area contributed by atoms with Gasteiger partial charge in [0.2, 0.25) is 5.39 Å². The molecule has 0 fully saturated rings. The zero-order valence-corrected chi connectivity index (χ0v) is 9.34. The molecule has 0 aliphatic heterocycles. The van der Waals surface area contributed by atoms with Crippen molar-refractivity contribution < 1.29 is 9.90 Å². The zero-order chi connectivity index (χ0) is 12.1. The summed E-state index contributed by atoms with van der Waals surface area (Å²) in [7, 11) is 0. The van der Waals surface area contributed by atoms with Crippen molar-refractivity contribution in [1.82, 2.24) is 0 Å². The van der Waals surface area contributed by atoms with Crippen molar-refractivity contribution in [2.24, 2.45) is 0 Å². The van der Waals surface area contributed by atoms with Crippen LogP contribution in [0.15, 0.2) is 18.2 Å². The highest BCUT2D eigenvalue weighted by Gasteiger charge is 2.21. The van der Waals surface area contributed by atoms with Gasteiger partial charge in [0.05, 0.1) is 0 Å². The van der Waals surface area contributed by atoms with Crippen LogP contribution in [0.4, 0.5) is 11.4 Å². The van der Waals surface area contributed by atoms with Crippen LogP contribution in [-0.4, -0.2) is 24.2 Å². The molecule has 0 aliphatic carbocycles. The van der Waals surface area contributed by atoms with Gasteiger partial charge in [-0.2, -0.15) is 0 Å². The van der Waals surface area contributed by atoms with Gasteiger partial charge in [0, 0.05) is 24.8 Å². The number of aromatic carboxylic acids is 1. The van der Waals surface area contributed by atoms with E-state index < -0.39 is 5.97 Å². The maximum Gasteiger partial charge on any atom is 0.399 e. The van der Waals surface area contributed by atoms with E-state index in [1.807, 2.05) is 18.7 Å². The normalized spacial score (nSPS) is 9.56. The minimum absolute atomic E-state index is 0.00639. The third-order valence-electron chi connectivity index (χ3n) is 2.45. The number of diazo groups is 1. The first-order valence-corrected chi connectivity index (χ1v) is 5.11. The highest BCUT2D eigenvalue weighted by atomic mass is 16.4. The molecule has 1 N–H and O–H groups in total. The summed E-state index contributed by atoms with van der Waals surface area (Å²) in [4.78, 5) is 15.9. The van der Waals surface area contributed by atoms with E-state index in [2.05, 4.69) is 4.98 Å². The van der Waals surface area contributed by atoms with Crippen LogP contribution in [0.3, 0.4) is 0 Å². The molecule has 0 aliphatic rings. The van der Waals surface area contributed by atoms with Crippen LogP contribution in [0, 0.1) is 5.39 Å². The average Bonchev–Trinajstić information content (AvgIpc) is 2.30. The van der Waals surface area contributed by atoms with E-state index in [4.69, 9.17) is 10.5 Å². The number of carboxylic acids is 1. The number of hydrogen-bond donors (Lipinski definition) is 1. The van der Waals surface area contributed by atoms with Gasteiger partial charge in [0.15, 0.2) is 10.5 Å². The van der Waals surface area contributed by atoms with Crippen molar-refractivity contribution in [1.29, 1.82) is 5.39 Å². The van der Waals surface area contributed by atoms with Gasteiger partial charge >= 0.3 is 11.7 Å². The van der Waals surface area contributed by atoms with Crippen LogP contribution in [0.5, 0.6) is 0 Å². The first kappa shape index (κ1) is 12.0. The Labute approximate surface area is 93.9 Å². The summed E-state index contributed by atoms with van der Waals surface area (Å²) in [5, 5.41) is 17.6. The molecule has 0 atom stereocenters.